The number of aromatic nitrogens is 1. The molecule has 114 valence electrons. The van der Waals surface area contributed by atoms with Crippen molar-refractivity contribution in [2.24, 2.45) is 5.92 Å². The zero-order valence-corrected chi connectivity index (χ0v) is 12.3. The van der Waals surface area contributed by atoms with Crippen LogP contribution in [-0.4, -0.2) is 29.0 Å². The van der Waals surface area contributed by atoms with Gasteiger partial charge in [0.15, 0.2) is 0 Å². The fourth-order valence-electron chi connectivity index (χ4n) is 2.54. The van der Waals surface area contributed by atoms with E-state index in [9.17, 15) is 14.9 Å². The Morgan fingerprint density at radius 2 is 2.14 bits per heavy atom. The van der Waals surface area contributed by atoms with Crippen LogP contribution in [0.4, 0.5) is 11.4 Å². The van der Waals surface area contributed by atoms with E-state index in [1.54, 1.807) is 0 Å². The molecule has 0 spiro atoms. The average Bonchev–Trinajstić information content (AvgIpc) is 2.47. The second kappa shape index (κ2) is 6.71. The van der Waals surface area contributed by atoms with Crippen molar-refractivity contribution in [3.05, 3.63) is 27.5 Å². The molecule has 1 aromatic rings. The lowest BCUT2D eigenvalue weighted by molar-refractivity contribution is -0.384. The van der Waals surface area contributed by atoms with Gasteiger partial charge in [0.1, 0.15) is 17.0 Å². The summed E-state index contributed by atoms with van der Waals surface area (Å²) in [5, 5.41) is 14.3. The first-order valence-electron chi connectivity index (χ1n) is 6.65. The van der Waals surface area contributed by atoms with Crippen LogP contribution in [-0.2, 0) is 9.53 Å². The van der Waals surface area contributed by atoms with E-state index in [1.807, 2.05) is 0 Å². The molecular weight excluding hydrogens is 298 g/mol. The fourth-order valence-corrected chi connectivity index (χ4v) is 2.70. The Morgan fingerprint density at radius 3 is 2.71 bits per heavy atom. The molecule has 7 nitrogen and oxygen atoms in total. The summed E-state index contributed by atoms with van der Waals surface area (Å²) in [4.78, 5) is 25.7. The molecule has 8 heteroatoms. The Morgan fingerprint density at radius 1 is 1.48 bits per heavy atom. The first-order chi connectivity index (χ1) is 10.0. The van der Waals surface area contributed by atoms with E-state index in [4.69, 9.17) is 16.3 Å². The summed E-state index contributed by atoms with van der Waals surface area (Å²) in [6, 6.07) is 1.52. The van der Waals surface area contributed by atoms with Crippen molar-refractivity contribution in [2.45, 2.75) is 31.7 Å². The first kappa shape index (κ1) is 15.5. The topological polar surface area (TPSA) is 94.4 Å². The molecule has 0 unspecified atom stereocenters. The highest BCUT2D eigenvalue weighted by molar-refractivity contribution is 6.29. The molecule has 1 N–H and O–H groups in total. The molecule has 1 saturated carbocycles. The number of ether oxygens (including phenoxy) is 1. The quantitative estimate of drug-likeness (QED) is 0.397. The standard InChI is InChI=1S/C13H16ClN3O4/c1-21-13(18)8-2-4-9(5-3-8)16-10-6-12(14)15-7-11(10)17(19)20/h6-9H,2-5H2,1H3,(H,15,16). The maximum atomic E-state index is 11.5. The molecule has 21 heavy (non-hydrogen) atoms. The highest BCUT2D eigenvalue weighted by atomic mass is 35.5. The lowest BCUT2D eigenvalue weighted by atomic mass is 9.86. The number of carbonyl (C=O) groups excluding carboxylic acids is 1. The van der Waals surface area contributed by atoms with E-state index in [2.05, 4.69) is 10.3 Å². The van der Waals surface area contributed by atoms with Crippen molar-refractivity contribution in [3.8, 4) is 0 Å². The van der Waals surface area contributed by atoms with Crippen LogP contribution in [0, 0.1) is 16.0 Å². The van der Waals surface area contributed by atoms with E-state index < -0.39 is 4.92 Å². The maximum Gasteiger partial charge on any atom is 0.310 e. The van der Waals surface area contributed by atoms with Gasteiger partial charge in [-0.3, -0.25) is 14.9 Å². The first-order valence-corrected chi connectivity index (χ1v) is 7.03. The zero-order chi connectivity index (χ0) is 15.4. The monoisotopic (exact) mass is 313 g/mol. The number of hydrogen-bond acceptors (Lipinski definition) is 6. The number of nitro groups is 1. The molecular formula is C13H16ClN3O4. The average molecular weight is 314 g/mol. The van der Waals surface area contributed by atoms with E-state index in [-0.39, 0.29) is 28.8 Å². The van der Waals surface area contributed by atoms with Crippen LogP contribution in [0.3, 0.4) is 0 Å². The summed E-state index contributed by atoms with van der Waals surface area (Å²) in [5.41, 5.74) is 0.260. The van der Waals surface area contributed by atoms with E-state index >= 15 is 0 Å². The van der Waals surface area contributed by atoms with Gasteiger partial charge in [0.25, 0.3) is 0 Å². The lowest BCUT2D eigenvalue weighted by Gasteiger charge is -2.28. The second-order valence-corrected chi connectivity index (χ2v) is 5.38. The van der Waals surface area contributed by atoms with Crippen LogP contribution in [0.2, 0.25) is 5.15 Å². The van der Waals surface area contributed by atoms with Crippen molar-refractivity contribution < 1.29 is 14.5 Å². The highest BCUT2D eigenvalue weighted by Gasteiger charge is 2.28. The number of anilines is 1. The minimum atomic E-state index is -0.494. The summed E-state index contributed by atoms with van der Waals surface area (Å²) in [6.07, 6.45) is 4.05. The number of esters is 1. The second-order valence-electron chi connectivity index (χ2n) is 5.00. The Balaban J connectivity index is 2.02. The normalized spacial score (nSPS) is 21.6. The van der Waals surface area contributed by atoms with Crippen LogP contribution in [0.1, 0.15) is 25.7 Å². The number of hydrogen-bond donors (Lipinski definition) is 1. The minimum Gasteiger partial charge on any atom is -0.469 e. The van der Waals surface area contributed by atoms with E-state index in [0.717, 1.165) is 19.0 Å². The van der Waals surface area contributed by atoms with E-state index in [0.29, 0.717) is 18.5 Å². The van der Waals surface area contributed by atoms with Crippen molar-refractivity contribution >= 4 is 28.9 Å². The van der Waals surface area contributed by atoms with Gasteiger partial charge in [0, 0.05) is 12.1 Å². The summed E-state index contributed by atoms with van der Waals surface area (Å²) in [5.74, 6) is -0.268. The van der Waals surface area contributed by atoms with Gasteiger partial charge in [0.05, 0.1) is 18.0 Å². The Hall–Kier alpha value is -1.89. The van der Waals surface area contributed by atoms with Crippen LogP contribution in [0.5, 0.6) is 0 Å². The third-order valence-electron chi connectivity index (χ3n) is 3.67. The number of nitrogens with one attached hydrogen (secondary N) is 1. The van der Waals surface area contributed by atoms with Gasteiger partial charge in [0.2, 0.25) is 0 Å². The summed E-state index contributed by atoms with van der Waals surface area (Å²) >= 11 is 5.79. The molecule has 0 saturated heterocycles. The summed E-state index contributed by atoms with van der Waals surface area (Å²) in [7, 11) is 1.38. The van der Waals surface area contributed by atoms with Gasteiger partial charge in [-0.25, -0.2) is 4.98 Å². The van der Waals surface area contributed by atoms with Crippen LogP contribution in [0.25, 0.3) is 0 Å². The number of methoxy groups -OCH3 is 1. The Labute approximate surface area is 126 Å². The van der Waals surface area contributed by atoms with Gasteiger partial charge in [-0.15, -0.1) is 0 Å². The third-order valence-corrected chi connectivity index (χ3v) is 3.87. The third kappa shape index (κ3) is 3.81. The molecule has 0 amide bonds. The van der Waals surface area contributed by atoms with Gasteiger partial charge < -0.3 is 10.1 Å². The SMILES string of the molecule is COC(=O)C1CCC(Nc2cc(Cl)ncc2[N+](=O)[O-])CC1. The molecule has 1 aliphatic rings. The number of carbonyl (C=O) groups is 1. The summed E-state index contributed by atoms with van der Waals surface area (Å²) < 4.78 is 4.74. The van der Waals surface area contributed by atoms with Gasteiger partial charge in [-0.2, -0.15) is 0 Å². The minimum absolute atomic E-state index is 0.0723. The molecule has 0 atom stereocenters. The number of rotatable bonds is 4. The summed E-state index contributed by atoms with van der Waals surface area (Å²) in [6.45, 7) is 0. The smallest absolute Gasteiger partial charge is 0.310 e. The van der Waals surface area contributed by atoms with Gasteiger partial charge >= 0.3 is 11.7 Å². The van der Waals surface area contributed by atoms with Crippen LogP contribution < -0.4 is 5.32 Å². The zero-order valence-electron chi connectivity index (χ0n) is 11.5. The van der Waals surface area contributed by atoms with Crippen LogP contribution >= 0.6 is 11.6 Å². The maximum absolute atomic E-state index is 11.5. The molecule has 1 fully saturated rings. The van der Waals surface area contributed by atoms with Gasteiger partial charge in [-0.1, -0.05) is 11.6 Å². The van der Waals surface area contributed by atoms with Crippen molar-refractivity contribution in [1.29, 1.82) is 0 Å². The molecule has 1 aliphatic carbocycles. The van der Waals surface area contributed by atoms with Crippen molar-refractivity contribution in [1.82, 2.24) is 4.98 Å². The van der Waals surface area contributed by atoms with Crippen LogP contribution in [0.15, 0.2) is 12.3 Å². The molecule has 0 bridgehead atoms. The molecule has 0 radical (unpaired) electrons. The predicted octanol–water partition coefficient (Wildman–Crippen LogP) is 2.79. The van der Waals surface area contributed by atoms with Gasteiger partial charge in [-0.05, 0) is 25.7 Å². The highest BCUT2D eigenvalue weighted by Crippen LogP contribution is 2.31. The molecule has 2 rings (SSSR count). The molecule has 1 aromatic heterocycles. The number of nitrogens with zero attached hydrogens (tertiary/aromatic N) is 2. The molecule has 0 aromatic carbocycles. The number of pyridine rings is 1. The Kier molecular flexibility index (Phi) is 4.95. The Bertz CT molecular complexity index is 544. The van der Waals surface area contributed by atoms with Crippen molar-refractivity contribution in [2.75, 3.05) is 12.4 Å². The number of halogens is 1. The molecule has 0 aliphatic heterocycles. The largest absolute Gasteiger partial charge is 0.469 e. The fraction of sp³-hybridized carbons (Fsp3) is 0.538. The lowest BCUT2D eigenvalue weighted by Crippen LogP contribution is -2.30. The molecule has 1 heterocycles. The van der Waals surface area contributed by atoms with E-state index in [1.165, 1.54) is 13.2 Å². The van der Waals surface area contributed by atoms with Crippen molar-refractivity contribution in [3.63, 3.8) is 0 Å². The predicted molar refractivity (Wildman–Crippen MR) is 77.3 cm³/mol.